The quantitative estimate of drug-likeness (QED) is 0.392. The van der Waals surface area contributed by atoms with Crippen molar-refractivity contribution in [1.29, 1.82) is 0 Å². The Bertz CT molecular complexity index is 62.7. The molecule has 0 amide bonds. The fraction of sp³-hybridized carbons (Fsp3) is 0.500. The lowest BCUT2D eigenvalue weighted by Gasteiger charge is -1.86. The van der Waals surface area contributed by atoms with Crippen LogP contribution in [0.4, 0.5) is 0 Å². The lowest BCUT2D eigenvalue weighted by Crippen LogP contribution is -2.06. The number of hydrogen-bond donors (Lipinski definition) is 1. The second-order valence-electron chi connectivity index (χ2n) is 1.03. The van der Waals surface area contributed by atoms with E-state index in [0.717, 1.165) is 5.33 Å². The van der Waals surface area contributed by atoms with Crippen molar-refractivity contribution in [3.63, 3.8) is 0 Å². The van der Waals surface area contributed by atoms with Crippen molar-refractivity contribution in [3.05, 3.63) is 12.2 Å². The predicted octanol–water partition coefficient (Wildman–Crippen LogP) is 1.46. The molecule has 0 saturated heterocycles. The van der Waals surface area contributed by atoms with Gasteiger partial charge in [0.25, 0.3) is 0 Å². The Morgan fingerprint density at radius 3 is 2.57 bits per heavy atom. The van der Waals surface area contributed by atoms with E-state index in [2.05, 4.69) is 15.9 Å². The lowest BCUT2D eigenvalue weighted by molar-refractivity contribution is 1.14. The van der Waals surface area contributed by atoms with E-state index in [4.69, 9.17) is 17.3 Å². The number of rotatable bonds is 2. The van der Waals surface area contributed by atoms with Crippen LogP contribution in [0.15, 0.2) is 12.2 Å². The first-order valence-corrected chi connectivity index (χ1v) is 3.45. The Morgan fingerprint density at radius 1 is 1.86 bits per heavy atom. The minimum Gasteiger partial charge on any atom is -0.312 e. The first-order valence-electron chi connectivity index (χ1n) is 1.89. The van der Waals surface area contributed by atoms with Crippen LogP contribution in [0.2, 0.25) is 0 Å². The second-order valence-corrected chi connectivity index (χ2v) is 2.18. The summed E-state index contributed by atoms with van der Waals surface area (Å²) in [5.74, 6) is 0. The molecule has 0 saturated carbocycles. The summed E-state index contributed by atoms with van der Waals surface area (Å²) in [4.78, 5) is 0. The summed E-state index contributed by atoms with van der Waals surface area (Å²) in [5, 5.41) is 0.813. The second kappa shape index (κ2) is 4.62. The van der Waals surface area contributed by atoms with Crippen LogP contribution in [0.3, 0.4) is 0 Å². The molecule has 0 aliphatic carbocycles. The molecule has 0 aliphatic rings. The first kappa shape index (κ1) is 7.47. The molecule has 1 nitrogen and oxygen atoms in total. The average Bonchev–Trinajstić information content (AvgIpc) is 1.61. The van der Waals surface area contributed by atoms with E-state index in [1.165, 1.54) is 0 Å². The molecular weight excluding hydrogens is 177 g/mol. The first-order chi connectivity index (χ1) is 3.27. The molecule has 0 spiro atoms. The molecule has 1 unspecified atom stereocenters. The third-order valence-electron chi connectivity index (χ3n) is 0.409. The standard InChI is InChI=1S/C4H7BrClN/c5-3-1-2-4(6)7/h1-2,4H,3,7H2/b2-1+. The van der Waals surface area contributed by atoms with Gasteiger partial charge in [-0.1, -0.05) is 28.1 Å². The molecule has 0 aliphatic heterocycles. The zero-order valence-corrected chi connectivity index (χ0v) is 6.11. The highest BCUT2D eigenvalue weighted by Crippen LogP contribution is 1.88. The maximum absolute atomic E-state index is 5.33. The number of halogens is 2. The van der Waals surface area contributed by atoms with E-state index in [0.29, 0.717) is 0 Å². The molecule has 0 bridgehead atoms. The van der Waals surface area contributed by atoms with Crippen molar-refractivity contribution in [2.24, 2.45) is 5.73 Å². The van der Waals surface area contributed by atoms with Gasteiger partial charge in [-0.3, -0.25) is 0 Å². The molecule has 0 rings (SSSR count). The number of nitrogens with two attached hydrogens (primary N) is 1. The third kappa shape index (κ3) is 6.47. The molecular formula is C4H7BrClN. The van der Waals surface area contributed by atoms with Gasteiger partial charge < -0.3 is 5.73 Å². The van der Waals surface area contributed by atoms with Gasteiger partial charge in [-0.15, -0.1) is 11.6 Å². The number of hydrogen-bond acceptors (Lipinski definition) is 1. The molecule has 0 aromatic heterocycles. The molecule has 2 N–H and O–H groups in total. The molecule has 42 valence electrons. The number of alkyl halides is 2. The van der Waals surface area contributed by atoms with Gasteiger partial charge in [-0.25, -0.2) is 0 Å². The zero-order chi connectivity index (χ0) is 5.70. The molecule has 3 heteroatoms. The molecule has 0 aromatic carbocycles. The fourth-order valence-corrected chi connectivity index (χ4v) is 0.500. The largest absolute Gasteiger partial charge is 0.312 e. The summed E-state index contributed by atoms with van der Waals surface area (Å²) in [6, 6.07) is 0. The summed E-state index contributed by atoms with van der Waals surface area (Å²) in [5.41, 5.74) is 4.80. The molecule has 0 fully saturated rings. The minimum absolute atomic E-state index is 0.336. The monoisotopic (exact) mass is 183 g/mol. The van der Waals surface area contributed by atoms with Crippen molar-refractivity contribution in [2.75, 3.05) is 5.33 Å². The highest BCUT2D eigenvalue weighted by atomic mass is 79.9. The van der Waals surface area contributed by atoms with E-state index in [1.807, 2.05) is 6.08 Å². The summed E-state index contributed by atoms with van der Waals surface area (Å²) >= 11 is 8.50. The van der Waals surface area contributed by atoms with Crippen LogP contribution in [0.25, 0.3) is 0 Å². The third-order valence-corrected chi connectivity index (χ3v) is 0.928. The highest BCUT2D eigenvalue weighted by molar-refractivity contribution is 9.09. The van der Waals surface area contributed by atoms with Crippen molar-refractivity contribution >= 4 is 27.5 Å². The number of allylic oxidation sites excluding steroid dienone is 1. The lowest BCUT2D eigenvalue weighted by atomic mass is 10.5. The Balaban J connectivity index is 3.08. The van der Waals surface area contributed by atoms with Gasteiger partial charge in [-0.2, -0.15) is 0 Å². The Morgan fingerprint density at radius 2 is 2.43 bits per heavy atom. The van der Waals surface area contributed by atoms with E-state index < -0.39 is 0 Å². The van der Waals surface area contributed by atoms with Gasteiger partial charge in [0, 0.05) is 5.33 Å². The van der Waals surface area contributed by atoms with Crippen molar-refractivity contribution < 1.29 is 0 Å². The summed E-state index contributed by atoms with van der Waals surface area (Å²) < 4.78 is 0. The SMILES string of the molecule is NC(Cl)/C=C/CBr. The maximum Gasteiger partial charge on any atom is 0.0987 e. The zero-order valence-electron chi connectivity index (χ0n) is 3.77. The van der Waals surface area contributed by atoms with Crippen molar-refractivity contribution in [3.8, 4) is 0 Å². The van der Waals surface area contributed by atoms with Crippen LogP contribution in [-0.2, 0) is 0 Å². The maximum atomic E-state index is 5.33. The van der Waals surface area contributed by atoms with Crippen LogP contribution in [0, 0.1) is 0 Å². The fourth-order valence-electron chi connectivity index (χ4n) is 0.181. The summed E-state index contributed by atoms with van der Waals surface area (Å²) in [6.45, 7) is 0. The molecule has 1 atom stereocenters. The Labute approximate surface area is 56.7 Å². The van der Waals surface area contributed by atoms with Crippen LogP contribution in [-0.4, -0.2) is 10.8 Å². The van der Waals surface area contributed by atoms with Crippen LogP contribution in [0.5, 0.6) is 0 Å². The van der Waals surface area contributed by atoms with Crippen LogP contribution >= 0.6 is 27.5 Å². The average molecular weight is 184 g/mol. The summed E-state index contributed by atoms with van der Waals surface area (Å²) in [7, 11) is 0. The van der Waals surface area contributed by atoms with E-state index in [-0.39, 0.29) is 5.50 Å². The van der Waals surface area contributed by atoms with Crippen LogP contribution < -0.4 is 5.73 Å². The van der Waals surface area contributed by atoms with Crippen LogP contribution in [0.1, 0.15) is 0 Å². The smallest absolute Gasteiger partial charge is 0.0987 e. The van der Waals surface area contributed by atoms with Gasteiger partial charge in [0.15, 0.2) is 0 Å². The van der Waals surface area contributed by atoms with Crippen molar-refractivity contribution in [1.82, 2.24) is 0 Å². The minimum atomic E-state index is -0.336. The molecule has 0 radical (unpaired) electrons. The normalized spacial score (nSPS) is 15.3. The van der Waals surface area contributed by atoms with Gasteiger partial charge >= 0.3 is 0 Å². The topological polar surface area (TPSA) is 26.0 Å². The molecule has 0 heterocycles. The van der Waals surface area contributed by atoms with Crippen molar-refractivity contribution in [2.45, 2.75) is 5.50 Å². The Kier molecular flexibility index (Phi) is 4.94. The van der Waals surface area contributed by atoms with Gasteiger partial charge in [0.2, 0.25) is 0 Å². The molecule has 7 heavy (non-hydrogen) atoms. The van der Waals surface area contributed by atoms with E-state index >= 15 is 0 Å². The highest BCUT2D eigenvalue weighted by Gasteiger charge is 1.81. The van der Waals surface area contributed by atoms with Gasteiger partial charge in [0.1, 0.15) is 0 Å². The van der Waals surface area contributed by atoms with E-state index in [9.17, 15) is 0 Å². The summed E-state index contributed by atoms with van der Waals surface area (Å²) in [6.07, 6.45) is 3.58. The molecule has 0 aromatic rings. The van der Waals surface area contributed by atoms with Gasteiger partial charge in [-0.05, 0) is 0 Å². The predicted molar refractivity (Wildman–Crippen MR) is 36.8 cm³/mol. The Hall–Kier alpha value is 0.470. The van der Waals surface area contributed by atoms with Gasteiger partial charge in [0.05, 0.1) is 5.50 Å². The van der Waals surface area contributed by atoms with E-state index in [1.54, 1.807) is 6.08 Å².